The van der Waals surface area contributed by atoms with Crippen LogP contribution in [0.15, 0.2) is 60.2 Å². The van der Waals surface area contributed by atoms with Gasteiger partial charge >= 0.3 is 5.91 Å². The highest BCUT2D eigenvalue weighted by Crippen LogP contribution is 2.42. The maximum absolute atomic E-state index is 12.9. The van der Waals surface area contributed by atoms with Crippen LogP contribution in [0.2, 0.25) is 0 Å². The number of aliphatic hydroxyl groups is 1. The molecular formula is C21H17N3O3S. The van der Waals surface area contributed by atoms with Crippen molar-refractivity contribution >= 4 is 33.9 Å². The van der Waals surface area contributed by atoms with Gasteiger partial charge in [-0.1, -0.05) is 71.5 Å². The zero-order chi connectivity index (χ0) is 19.8. The molecule has 7 heteroatoms. The number of amides is 1. The summed E-state index contributed by atoms with van der Waals surface area (Å²) >= 11 is 1.23. The summed E-state index contributed by atoms with van der Waals surface area (Å²) in [6, 6.07) is 15.5. The highest BCUT2D eigenvalue weighted by molar-refractivity contribution is 7.15. The van der Waals surface area contributed by atoms with E-state index in [1.807, 2.05) is 37.3 Å². The second-order valence-corrected chi connectivity index (χ2v) is 7.71. The summed E-state index contributed by atoms with van der Waals surface area (Å²) in [4.78, 5) is 27.1. The minimum absolute atomic E-state index is 0.0490. The van der Waals surface area contributed by atoms with Crippen molar-refractivity contribution in [3.63, 3.8) is 0 Å². The summed E-state index contributed by atoms with van der Waals surface area (Å²) in [5.74, 6) is -1.66. The van der Waals surface area contributed by atoms with Gasteiger partial charge in [-0.3, -0.25) is 14.5 Å². The van der Waals surface area contributed by atoms with Gasteiger partial charge in [0.25, 0.3) is 5.78 Å². The molecule has 3 aromatic rings. The second-order valence-electron chi connectivity index (χ2n) is 6.55. The molecule has 1 unspecified atom stereocenters. The van der Waals surface area contributed by atoms with Gasteiger partial charge in [0.05, 0.1) is 11.6 Å². The molecule has 1 N–H and O–H groups in total. The Morgan fingerprint density at radius 2 is 1.68 bits per heavy atom. The van der Waals surface area contributed by atoms with Crippen molar-refractivity contribution in [1.29, 1.82) is 0 Å². The Kier molecular flexibility index (Phi) is 4.52. The third-order valence-corrected chi connectivity index (χ3v) is 5.44. The van der Waals surface area contributed by atoms with Crippen molar-refractivity contribution in [2.75, 3.05) is 4.90 Å². The number of aryl methyl sites for hydroxylation is 2. The van der Waals surface area contributed by atoms with E-state index >= 15 is 0 Å². The minimum atomic E-state index is -0.770. The van der Waals surface area contributed by atoms with E-state index in [2.05, 4.69) is 10.2 Å². The number of hydrogen-bond acceptors (Lipinski definition) is 6. The Labute approximate surface area is 165 Å². The first-order valence-corrected chi connectivity index (χ1v) is 9.52. The molecule has 1 fully saturated rings. The molecule has 1 aromatic heterocycles. The van der Waals surface area contributed by atoms with Crippen LogP contribution in [0.4, 0.5) is 5.13 Å². The number of benzene rings is 2. The van der Waals surface area contributed by atoms with Gasteiger partial charge in [0, 0.05) is 5.56 Å². The van der Waals surface area contributed by atoms with E-state index in [0.29, 0.717) is 15.7 Å². The van der Waals surface area contributed by atoms with Crippen LogP contribution in [0.1, 0.15) is 27.7 Å². The van der Waals surface area contributed by atoms with Gasteiger partial charge in [0.2, 0.25) is 5.13 Å². The molecule has 2 aromatic carbocycles. The first kappa shape index (κ1) is 18.1. The standard InChI is InChI=1S/C21H17N3O3S/c1-12-8-10-14(11-9-12)17-16(18(25)15-6-4-3-5-7-15)19(26)20(27)24(17)21-23-22-13(2)28-21/h3-11,17,25H,1-2H3. The van der Waals surface area contributed by atoms with Gasteiger partial charge in [-0.25, -0.2) is 0 Å². The van der Waals surface area contributed by atoms with Crippen molar-refractivity contribution in [2.24, 2.45) is 0 Å². The summed E-state index contributed by atoms with van der Waals surface area (Å²) < 4.78 is 0. The molecule has 4 rings (SSSR count). The summed E-state index contributed by atoms with van der Waals surface area (Å²) in [5.41, 5.74) is 2.30. The molecule has 1 aliphatic heterocycles. The molecule has 0 radical (unpaired) electrons. The van der Waals surface area contributed by atoms with Gasteiger partial charge < -0.3 is 5.11 Å². The van der Waals surface area contributed by atoms with Crippen molar-refractivity contribution in [1.82, 2.24) is 10.2 Å². The smallest absolute Gasteiger partial charge is 0.301 e. The topological polar surface area (TPSA) is 83.4 Å². The maximum atomic E-state index is 12.9. The summed E-state index contributed by atoms with van der Waals surface area (Å²) in [6.07, 6.45) is 0. The molecule has 0 spiro atoms. The fourth-order valence-corrected chi connectivity index (χ4v) is 3.94. The SMILES string of the molecule is Cc1ccc(C2C(=C(O)c3ccccc3)C(=O)C(=O)N2c2nnc(C)s2)cc1. The van der Waals surface area contributed by atoms with Crippen LogP contribution in [0.25, 0.3) is 5.76 Å². The third kappa shape index (κ3) is 2.99. The predicted octanol–water partition coefficient (Wildman–Crippen LogP) is 3.78. The Balaban J connectivity index is 1.94. The lowest BCUT2D eigenvalue weighted by Gasteiger charge is -2.22. The molecule has 6 nitrogen and oxygen atoms in total. The number of Topliss-reactive ketones (excluding diaryl/α,β-unsaturated/α-hetero) is 1. The fraction of sp³-hybridized carbons (Fsp3) is 0.143. The molecule has 1 amide bonds. The monoisotopic (exact) mass is 391 g/mol. The van der Waals surface area contributed by atoms with Gasteiger partial charge in [0.15, 0.2) is 0 Å². The summed E-state index contributed by atoms with van der Waals surface area (Å²) in [5, 5.41) is 20.0. The van der Waals surface area contributed by atoms with E-state index in [-0.39, 0.29) is 11.3 Å². The number of carbonyl (C=O) groups is 2. The van der Waals surface area contributed by atoms with Crippen LogP contribution in [-0.4, -0.2) is 27.0 Å². The van der Waals surface area contributed by atoms with Gasteiger partial charge in [0.1, 0.15) is 10.8 Å². The van der Waals surface area contributed by atoms with Gasteiger partial charge in [-0.2, -0.15) is 0 Å². The first-order chi connectivity index (χ1) is 13.5. The zero-order valence-electron chi connectivity index (χ0n) is 15.3. The lowest BCUT2D eigenvalue weighted by atomic mass is 9.95. The Morgan fingerprint density at radius 1 is 1.00 bits per heavy atom. The lowest BCUT2D eigenvalue weighted by molar-refractivity contribution is -0.132. The van der Waals surface area contributed by atoms with E-state index in [0.717, 1.165) is 11.1 Å². The number of rotatable bonds is 3. The Bertz CT molecular complexity index is 1090. The van der Waals surface area contributed by atoms with Crippen LogP contribution < -0.4 is 4.90 Å². The molecule has 2 heterocycles. The van der Waals surface area contributed by atoms with Crippen molar-refractivity contribution in [3.8, 4) is 0 Å². The van der Waals surface area contributed by atoms with Crippen molar-refractivity contribution in [3.05, 3.63) is 81.9 Å². The lowest BCUT2D eigenvalue weighted by Crippen LogP contribution is -2.29. The highest BCUT2D eigenvalue weighted by atomic mass is 32.1. The fourth-order valence-electron chi connectivity index (χ4n) is 3.23. The van der Waals surface area contributed by atoms with E-state index in [9.17, 15) is 14.7 Å². The zero-order valence-corrected chi connectivity index (χ0v) is 16.1. The van der Waals surface area contributed by atoms with Crippen LogP contribution >= 0.6 is 11.3 Å². The van der Waals surface area contributed by atoms with E-state index in [1.165, 1.54) is 16.2 Å². The molecule has 0 aliphatic carbocycles. The van der Waals surface area contributed by atoms with Crippen LogP contribution in [0.3, 0.4) is 0 Å². The van der Waals surface area contributed by atoms with Crippen LogP contribution in [0.5, 0.6) is 0 Å². The number of nitrogens with zero attached hydrogens (tertiary/aromatic N) is 3. The number of aromatic nitrogens is 2. The molecule has 0 bridgehead atoms. The number of ketones is 1. The molecule has 0 saturated carbocycles. The Morgan fingerprint density at radius 3 is 2.29 bits per heavy atom. The number of aliphatic hydroxyl groups excluding tert-OH is 1. The average molecular weight is 391 g/mol. The minimum Gasteiger partial charge on any atom is -0.507 e. The van der Waals surface area contributed by atoms with Crippen molar-refractivity contribution in [2.45, 2.75) is 19.9 Å². The van der Waals surface area contributed by atoms with Crippen LogP contribution in [0, 0.1) is 13.8 Å². The Hall–Kier alpha value is -3.32. The second kappa shape index (κ2) is 7.01. The summed E-state index contributed by atoms with van der Waals surface area (Å²) in [7, 11) is 0. The normalized spacial score (nSPS) is 18.6. The molecule has 1 atom stereocenters. The van der Waals surface area contributed by atoms with Crippen LogP contribution in [-0.2, 0) is 9.59 Å². The molecule has 1 aliphatic rings. The average Bonchev–Trinajstić information content (AvgIpc) is 3.24. The molecule has 140 valence electrons. The van der Waals surface area contributed by atoms with Gasteiger partial charge in [-0.05, 0) is 19.4 Å². The third-order valence-electron chi connectivity index (χ3n) is 4.61. The summed E-state index contributed by atoms with van der Waals surface area (Å²) in [6.45, 7) is 3.74. The molecule has 1 saturated heterocycles. The van der Waals surface area contributed by atoms with E-state index < -0.39 is 17.7 Å². The van der Waals surface area contributed by atoms with E-state index in [4.69, 9.17) is 0 Å². The number of anilines is 1. The largest absolute Gasteiger partial charge is 0.507 e. The quantitative estimate of drug-likeness (QED) is 0.417. The first-order valence-electron chi connectivity index (χ1n) is 8.70. The highest BCUT2D eigenvalue weighted by Gasteiger charge is 2.48. The van der Waals surface area contributed by atoms with E-state index in [1.54, 1.807) is 31.2 Å². The predicted molar refractivity (Wildman–Crippen MR) is 107 cm³/mol. The molecule has 28 heavy (non-hydrogen) atoms. The van der Waals surface area contributed by atoms with Gasteiger partial charge in [-0.15, -0.1) is 10.2 Å². The van der Waals surface area contributed by atoms with Crippen molar-refractivity contribution < 1.29 is 14.7 Å². The maximum Gasteiger partial charge on any atom is 0.301 e. The number of hydrogen-bond donors (Lipinski definition) is 1. The molecular weight excluding hydrogens is 374 g/mol. The number of carbonyl (C=O) groups excluding carboxylic acids is 2.